The number of amides is 2. The predicted octanol–water partition coefficient (Wildman–Crippen LogP) is 3.06. The molecule has 1 atom stereocenters. The molecule has 1 N–H and O–H groups in total. The lowest BCUT2D eigenvalue weighted by molar-refractivity contribution is -0.126. The topological polar surface area (TPSA) is 49.4 Å². The molecule has 0 spiro atoms. The average molecular weight is 340 g/mol. The zero-order chi connectivity index (χ0) is 17.8. The highest BCUT2D eigenvalue weighted by molar-refractivity contribution is 6.00. The van der Waals surface area contributed by atoms with Gasteiger partial charge in [-0.15, -0.1) is 0 Å². The summed E-state index contributed by atoms with van der Waals surface area (Å²) in [5.41, 5.74) is 2.45. The van der Waals surface area contributed by atoms with E-state index in [2.05, 4.69) is 12.2 Å². The third-order valence-corrected chi connectivity index (χ3v) is 4.56. The lowest BCUT2D eigenvalue weighted by Crippen LogP contribution is -2.32. The molecule has 1 unspecified atom stereocenters. The van der Waals surface area contributed by atoms with Crippen molar-refractivity contribution in [2.45, 2.75) is 26.3 Å². The van der Waals surface area contributed by atoms with E-state index in [0.717, 1.165) is 12.1 Å². The van der Waals surface area contributed by atoms with Crippen molar-refractivity contribution >= 4 is 17.5 Å². The molecule has 2 amide bonds. The Morgan fingerprint density at radius 2 is 1.92 bits per heavy atom. The fourth-order valence-electron chi connectivity index (χ4n) is 3.01. The van der Waals surface area contributed by atoms with E-state index in [1.165, 1.54) is 11.6 Å². The largest absolute Gasteiger partial charge is 0.352 e. The van der Waals surface area contributed by atoms with E-state index in [1.54, 1.807) is 23.1 Å². The SMILES string of the molecule is CCc1ccc(N2CC(C(=O)NCc3ccccc3F)CC2=O)cc1. The summed E-state index contributed by atoms with van der Waals surface area (Å²) in [5, 5.41) is 2.73. The molecule has 1 aliphatic rings. The Bertz CT molecular complexity index is 774. The van der Waals surface area contributed by atoms with Gasteiger partial charge in [0.05, 0.1) is 5.92 Å². The lowest BCUT2D eigenvalue weighted by Gasteiger charge is -2.17. The van der Waals surface area contributed by atoms with E-state index in [4.69, 9.17) is 0 Å². The zero-order valence-electron chi connectivity index (χ0n) is 14.2. The van der Waals surface area contributed by atoms with Gasteiger partial charge in [-0.05, 0) is 30.2 Å². The third kappa shape index (κ3) is 3.87. The van der Waals surface area contributed by atoms with Crippen LogP contribution < -0.4 is 10.2 Å². The van der Waals surface area contributed by atoms with Gasteiger partial charge in [0.1, 0.15) is 5.82 Å². The number of benzene rings is 2. The van der Waals surface area contributed by atoms with Crippen LogP contribution in [0.1, 0.15) is 24.5 Å². The number of halogens is 1. The highest BCUT2D eigenvalue weighted by Crippen LogP contribution is 2.25. The van der Waals surface area contributed by atoms with Gasteiger partial charge in [0.25, 0.3) is 0 Å². The predicted molar refractivity (Wildman–Crippen MR) is 94.5 cm³/mol. The molecule has 0 saturated carbocycles. The Labute approximate surface area is 146 Å². The second-order valence-electron chi connectivity index (χ2n) is 6.23. The summed E-state index contributed by atoms with van der Waals surface area (Å²) in [4.78, 5) is 26.2. The highest BCUT2D eigenvalue weighted by Gasteiger charge is 2.35. The molecule has 0 aliphatic carbocycles. The summed E-state index contributed by atoms with van der Waals surface area (Å²) in [5.74, 6) is -1.03. The minimum atomic E-state index is -0.412. The van der Waals surface area contributed by atoms with Gasteiger partial charge < -0.3 is 10.2 Å². The maximum Gasteiger partial charge on any atom is 0.227 e. The van der Waals surface area contributed by atoms with Crippen molar-refractivity contribution in [3.8, 4) is 0 Å². The van der Waals surface area contributed by atoms with Crippen LogP contribution in [-0.2, 0) is 22.6 Å². The van der Waals surface area contributed by atoms with Crippen LogP contribution in [0.25, 0.3) is 0 Å². The molecule has 130 valence electrons. The average Bonchev–Trinajstić information content (AvgIpc) is 3.03. The molecule has 0 radical (unpaired) electrons. The van der Waals surface area contributed by atoms with Crippen molar-refractivity contribution < 1.29 is 14.0 Å². The first-order chi connectivity index (χ1) is 12.1. The van der Waals surface area contributed by atoms with Crippen molar-refractivity contribution in [2.24, 2.45) is 5.92 Å². The number of nitrogens with one attached hydrogen (secondary N) is 1. The van der Waals surface area contributed by atoms with E-state index in [0.29, 0.717) is 12.1 Å². The molecule has 0 bridgehead atoms. The molecular weight excluding hydrogens is 319 g/mol. The van der Waals surface area contributed by atoms with E-state index in [-0.39, 0.29) is 30.6 Å². The van der Waals surface area contributed by atoms with Gasteiger partial charge in [-0.3, -0.25) is 9.59 Å². The Hall–Kier alpha value is -2.69. The molecular formula is C20H21FN2O2. The van der Waals surface area contributed by atoms with Crippen molar-refractivity contribution in [1.29, 1.82) is 0 Å². The van der Waals surface area contributed by atoms with Crippen molar-refractivity contribution in [3.63, 3.8) is 0 Å². The molecule has 4 nitrogen and oxygen atoms in total. The Kier molecular flexibility index (Phi) is 5.12. The number of rotatable bonds is 5. The summed E-state index contributed by atoms with van der Waals surface area (Å²) in [6.45, 7) is 2.56. The standard InChI is InChI=1S/C20H21FN2O2/c1-2-14-7-9-17(10-8-14)23-13-16(11-19(23)24)20(25)22-12-15-5-3-4-6-18(15)21/h3-10,16H,2,11-13H2,1H3,(H,22,25). The van der Waals surface area contributed by atoms with Crippen LogP contribution in [0.5, 0.6) is 0 Å². The van der Waals surface area contributed by atoms with Crippen LogP contribution in [0.4, 0.5) is 10.1 Å². The number of nitrogens with zero attached hydrogens (tertiary/aromatic N) is 1. The molecule has 1 saturated heterocycles. The minimum Gasteiger partial charge on any atom is -0.352 e. The summed E-state index contributed by atoms with van der Waals surface area (Å²) < 4.78 is 13.6. The van der Waals surface area contributed by atoms with Gasteiger partial charge in [-0.1, -0.05) is 37.3 Å². The Morgan fingerprint density at radius 3 is 2.60 bits per heavy atom. The van der Waals surface area contributed by atoms with Crippen LogP contribution in [0.3, 0.4) is 0 Å². The maximum absolute atomic E-state index is 13.6. The summed E-state index contributed by atoms with van der Waals surface area (Å²) in [6, 6.07) is 14.2. The maximum atomic E-state index is 13.6. The molecule has 2 aromatic rings. The Balaban J connectivity index is 1.61. The van der Waals surface area contributed by atoms with E-state index < -0.39 is 5.92 Å². The second kappa shape index (κ2) is 7.47. The quantitative estimate of drug-likeness (QED) is 0.909. The van der Waals surface area contributed by atoms with Crippen molar-refractivity contribution in [3.05, 3.63) is 65.5 Å². The van der Waals surface area contributed by atoms with Crippen molar-refractivity contribution in [1.82, 2.24) is 5.32 Å². The molecule has 1 heterocycles. The number of hydrogen-bond donors (Lipinski definition) is 1. The third-order valence-electron chi connectivity index (χ3n) is 4.56. The van der Waals surface area contributed by atoms with Crippen LogP contribution in [0, 0.1) is 11.7 Å². The fraction of sp³-hybridized carbons (Fsp3) is 0.300. The number of aryl methyl sites for hydroxylation is 1. The van der Waals surface area contributed by atoms with Gasteiger partial charge in [0.15, 0.2) is 0 Å². The zero-order valence-corrected chi connectivity index (χ0v) is 14.2. The van der Waals surface area contributed by atoms with Crippen molar-refractivity contribution in [2.75, 3.05) is 11.4 Å². The number of carbonyl (C=O) groups is 2. The van der Waals surface area contributed by atoms with E-state index >= 15 is 0 Å². The first kappa shape index (κ1) is 17.1. The smallest absolute Gasteiger partial charge is 0.227 e. The molecule has 0 aromatic heterocycles. The van der Waals surface area contributed by atoms with E-state index in [1.807, 2.05) is 24.3 Å². The van der Waals surface area contributed by atoms with Gasteiger partial charge in [-0.2, -0.15) is 0 Å². The van der Waals surface area contributed by atoms with E-state index in [9.17, 15) is 14.0 Å². The fourth-order valence-corrected chi connectivity index (χ4v) is 3.01. The summed E-state index contributed by atoms with van der Waals surface area (Å²) in [7, 11) is 0. The monoisotopic (exact) mass is 340 g/mol. The normalized spacial score (nSPS) is 17.0. The number of anilines is 1. The first-order valence-electron chi connectivity index (χ1n) is 8.49. The molecule has 25 heavy (non-hydrogen) atoms. The molecule has 1 aliphatic heterocycles. The van der Waals surface area contributed by atoms with Gasteiger partial charge in [0, 0.05) is 30.8 Å². The Morgan fingerprint density at radius 1 is 1.20 bits per heavy atom. The van der Waals surface area contributed by atoms with Gasteiger partial charge in [0.2, 0.25) is 11.8 Å². The van der Waals surface area contributed by atoms with Crippen LogP contribution in [0.2, 0.25) is 0 Å². The van der Waals surface area contributed by atoms with Crippen LogP contribution in [0.15, 0.2) is 48.5 Å². The number of hydrogen-bond acceptors (Lipinski definition) is 2. The van der Waals surface area contributed by atoms with Gasteiger partial charge >= 0.3 is 0 Å². The van der Waals surface area contributed by atoms with Crippen LogP contribution in [-0.4, -0.2) is 18.4 Å². The van der Waals surface area contributed by atoms with Crippen LogP contribution >= 0.6 is 0 Å². The minimum absolute atomic E-state index is 0.0599. The summed E-state index contributed by atoms with van der Waals surface area (Å²) in [6.07, 6.45) is 1.12. The number of carbonyl (C=O) groups excluding carboxylic acids is 2. The molecule has 2 aromatic carbocycles. The molecule has 1 fully saturated rings. The van der Waals surface area contributed by atoms with Gasteiger partial charge in [-0.25, -0.2) is 4.39 Å². The molecule has 5 heteroatoms. The molecule has 3 rings (SSSR count). The summed E-state index contributed by atoms with van der Waals surface area (Å²) >= 11 is 0. The highest BCUT2D eigenvalue weighted by atomic mass is 19.1. The second-order valence-corrected chi connectivity index (χ2v) is 6.23. The first-order valence-corrected chi connectivity index (χ1v) is 8.49. The lowest BCUT2D eigenvalue weighted by atomic mass is 10.1.